The number of aryl methyl sites for hydroxylation is 2. The zero-order valence-corrected chi connectivity index (χ0v) is 15.9. The number of hydrogen-bond donors (Lipinski definition) is 2. The average Bonchev–Trinajstić information content (AvgIpc) is 3.09. The molecule has 0 saturated heterocycles. The number of nitrogens with zero attached hydrogens (tertiary/aromatic N) is 4. The van der Waals surface area contributed by atoms with E-state index in [4.69, 9.17) is 4.98 Å². The molecule has 6 heteroatoms. The van der Waals surface area contributed by atoms with Crippen molar-refractivity contribution in [1.29, 1.82) is 0 Å². The molecule has 0 unspecified atom stereocenters. The van der Waals surface area contributed by atoms with E-state index in [1.165, 1.54) is 37.7 Å². The molecule has 2 N–H and O–H groups in total. The summed E-state index contributed by atoms with van der Waals surface area (Å²) in [5.74, 6) is 1.48. The van der Waals surface area contributed by atoms with Crippen molar-refractivity contribution in [1.82, 2.24) is 19.7 Å². The lowest BCUT2D eigenvalue weighted by molar-refractivity contribution is 0.462. The maximum absolute atomic E-state index is 4.81. The quantitative estimate of drug-likeness (QED) is 0.690. The zero-order chi connectivity index (χ0) is 18.6. The Bertz CT molecular complexity index is 911. The summed E-state index contributed by atoms with van der Waals surface area (Å²) in [5.41, 5.74) is 4.21. The number of rotatable bonds is 5. The first-order chi connectivity index (χ1) is 13.2. The number of nitrogens with one attached hydrogen (secondary N) is 2. The SMILES string of the molecule is Cc1cccc(Nc2ncc(-c3cnn(C)c3)c(NC3CCCCC3)n2)c1. The highest BCUT2D eigenvalue weighted by molar-refractivity contribution is 5.75. The first-order valence-electron chi connectivity index (χ1n) is 9.64. The molecule has 1 aromatic carbocycles. The number of benzene rings is 1. The van der Waals surface area contributed by atoms with E-state index in [-0.39, 0.29) is 0 Å². The Labute approximate surface area is 160 Å². The Morgan fingerprint density at radius 2 is 1.96 bits per heavy atom. The molecular formula is C21H26N6. The largest absolute Gasteiger partial charge is 0.367 e. The van der Waals surface area contributed by atoms with Crippen LogP contribution in [0.4, 0.5) is 17.5 Å². The third kappa shape index (κ3) is 4.27. The Balaban J connectivity index is 1.64. The summed E-state index contributed by atoms with van der Waals surface area (Å²) < 4.78 is 1.80. The van der Waals surface area contributed by atoms with Crippen LogP contribution in [0.5, 0.6) is 0 Å². The molecule has 0 spiro atoms. The van der Waals surface area contributed by atoms with Gasteiger partial charge in [-0.3, -0.25) is 4.68 Å². The average molecular weight is 362 g/mol. The van der Waals surface area contributed by atoms with Crippen LogP contribution in [-0.2, 0) is 7.05 Å². The summed E-state index contributed by atoms with van der Waals surface area (Å²) in [5, 5.41) is 11.3. The van der Waals surface area contributed by atoms with E-state index in [1.807, 2.05) is 37.8 Å². The second kappa shape index (κ2) is 7.78. The molecule has 0 radical (unpaired) electrons. The molecule has 0 atom stereocenters. The maximum atomic E-state index is 4.81. The van der Waals surface area contributed by atoms with E-state index in [1.54, 1.807) is 4.68 Å². The van der Waals surface area contributed by atoms with Crippen LogP contribution in [0.2, 0.25) is 0 Å². The lowest BCUT2D eigenvalue weighted by atomic mass is 9.95. The fourth-order valence-electron chi connectivity index (χ4n) is 3.62. The van der Waals surface area contributed by atoms with Gasteiger partial charge in [-0.2, -0.15) is 10.1 Å². The molecule has 2 heterocycles. The Morgan fingerprint density at radius 3 is 2.70 bits per heavy atom. The van der Waals surface area contributed by atoms with Crippen LogP contribution in [0.15, 0.2) is 42.9 Å². The van der Waals surface area contributed by atoms with Crippen molar-refractivity contribution in [3.8, 4) is 11.1 Å². The van der Waals surface area contributed by atoms with Crippen LogP contribution in [0.25, 0.3) is 11.1 Å². The minimum Gasteiger partial charge on any atom is -0.367 e. The minimum atomic E-state index is 0.468. The molecule has 1 aliphatic carbocycles. The molecule has 4 rings (SSSR count). The first-order valence-corrected chi connectivity index (χ1v) is 9.64. The number of anilines is 3. The third-order valence-electron chi connectivity index (χ3n) is 5.02. The van der Waals surface area contributed by atoms with Gasteiger partial charge in [0.2, 0.25) is 5.95 Å². The Morgan fingerprint density at radius 1 is 1.11 bits per heavy atom. The lowest BCUT2D eigenvalue weighted by Gasteiger charge is -2.24. The second-order valence-electron chi connectivity index (χ2n) is 7.33. The van der Waals surface area contributed by atoms with Crippen molar-refractivity contribution >= 4 is 17.5 Å². The van der Waals surface area contributed by atoms with Crippen molar-refractivity contribution < 1.29 is 0 Å². The highest BCUT2D eigenvalue weighted by atomic mass is 15.2. The highest BCUT2D eigenvalue weighted by Gasteiger charge is 2.18. The van der Waals surface area contributed by atoms with Crippen LogP contribution in [-0.4, -0.2) is 25.8 Å². The molecule has 0 aliphatic heterocycles. The van der Waals surface area contributed by atoms with Gasteiger partial charge >= 0.3 is 0 Å². The fourth-order valence-corrected chi connectivity index (χ4v) is 3.62. The topological polar surface area (TPSA) is 67.7 Å². The minimum absolute atomic E-state index is 0.468. The van der Waals surface area contributed by atoms with Crippen molar-refractivity contribution in [2.24, 2.45) is 7.05 Å². The van der Waals surface area contributed by atoms with E-state index in [2.05, 4.69) is 39.8 Å². The molecular weight excluding hydrogens is 336 g/mol. The molecule has 3 aromatic rings. The second-order valence-corrected chi connectivity index (χ2v) is 7.33. The molecule has 6 nitrogen and oxygen atoms in total. The summed E-state index contributed by atoms with van der Waals surface area (Å²) >= 11 is 0. The van der Waals surface area contributed by atoms with Gasteiger partial charge in [-0.05, 0) is 37.5 Å². The molecule has 1 fully saturated rings. The summed E-state index contributed by atoms with van der Waals surface area (Å²) in [6.07, 6.45) is 12.0. The van der Waals surface area contributed by atoms with Gasteiger partial charge in [-0.25, -0.2) is 4.98 Å². The predicted octanol–water partition coefficient (Wildman–Crippen LogP) is 4.67. The highest BCUT2D eigenvalue weighted by Crippen LogP contribution is 2.30. The normalized spacial score (nSPS) is 14.9. The van der Waals surface area contributed by atoms with Gasteiger partial charge in [-0.15, -0.1) is 0 Å². The van der Waals surface area contributed by atoms with Crippen LogP contribution in [0, 0.1) is 6.92 Å². The summed E-state index contributed by atoms with van der Waals surface area (Å²) in [4.78, 5) is 9.35. The molecule has 1 aliphatic rings. The molecule has 140 valence electrons. The van der Waals surface area contributed by atoms with Gasteiger partial charge in [0.05, 0.1) is 6.20 Å². The van der Waals surface area contributed by atoms with Crippen LogP contribution >= 0.6 is 0 Å². The molecule has 0 bridgehead atoms. The smallest absolute Gasteiger partial charge is 0.229 e. The molecule has 0 amide bonds. The summed E-state index contributed by atoms with van der Waals surface area (Å²) in [6, 6.07) is 8.69. The molecule has 27 heavy (non-hydrogen) atoms. The first kappa shape index (κ1) is 17.5. The predicted molar refractivity (Wildman–Crippen MR) is 109 cm³/mol. The summed E-state index contributed by atoms with van der Waals surface area (Å²) in [6.45, 7) is 2.08. The van der Waals surface area contributed by atoms with Crippen LogP contribution in [0.3, 0.4) is 0 Å². The fraction of sp³-hybridized carbons (Fsp3) is 0.381. The van der Waals surface area contributed by atoms with Crippen LogP contribution < -0.4 is 10.6 Å². The van der Waals surface area contributed by atoms with Gasteiger partial charge in [0.15, 0.2) is 0 Å². The van der Waals surface area contributed by atoms with E-state index in [0.29, 0.717) is 12.0 Å². The maximum Gasteiger partial charge on any atom is 0.229 e. The van der Waals surface area contributed by atoms with Crippen molar-refractivity contribution in [3.05, 3.63) is 48.4 Å². The Kier molecular flexibility index (Phi) is 5.05. The lowest BCUT2D eigenvalue weighted by Crippen LogP contribution is -2.23. The van der Waals surface area contributed by atoms with Crippen molar-refractivity contribution in [3.63, 3.8) is 0 Å². The van der Waals surface area contributed by atoms with Gasteiger partial charge in [-0.1, -0.05) is 31.4 Å². The van der Waals surface area contributed by atoms with Gasteiger partial charge in [0, 0.05) is 42.3 Å². The van der Waals surface area contributed by atoms with Crippen molar-refractivity contribution in [2.45, 2.75) is 45.1 Å². The third-order valence-corrected chi connectivity index (χ3v) is 5.02. The summed E-state index contributed by atoms with van der Waals surface area (Å²) in [7, 11) is 1.92. The Hall–Kier alpha value is -2.89. The van der Waals surface area contributed by atoms with E-state index >= 15 is 0 Å². The standard InChI is InChI=1S/C21H26N6/c1-15-7-6-10-18(11-15)25-21-22-13-19(16-12-23-27(2)14-16)20(26-21)24-17-8-4-3-5-9-17/h6-7,10-14,17H,3-5,8-9H2,1-2H3,(H2,22,24,25,26). The number of hydrogen-bond acceptors (Lipinski definition) is 5. The van der Waals surface area contributed by atoms with Gasteiger partial charge in [0.25, 0.3) is 0 Å². The van der Waals surface area contributed by atoms with Crippen molar-refractivity contribution in [2.75, 3.05) is 10.6 Å². The van der Waals surface area contributed by atoms with Gasteiger partial charge in [0.1, 0.15) is 5.82 Å². The molecule has 1 saturated carbocycles. The monoisotopic (exact) mass is 362 g/mol. The van der Waals surface area contributed by atoms with E-state index < -0.39 is 0 Å². The molecule has 2 aromatic heterocycles. The van der Waals surface area contributed by atoms with E-state index in [0.717, 1.165) is 22.6 Å². The zero-order valence-electron chi connectivity index (χ0n) is 15.9. The van der Waals surface area contributed by atoms with Gasteiger partial charge < -0.3 is 10.6 Å². The van der Waals surface area contributed by atoms with E-state index in [9.17, 15) is 0 Å². The van der Waals surface area contributed by atoms with Crippen LogP contribution in [0.1, 0.15) is 37.7 Å². The number of aromatic nitrogens is 4.